The highest BCUT2D eigenvalue weighted by Crippen LogP contribution is 2.43. The predicted octanol–water partition coefficient (Wildman–Crippen LogP) is 14.2. The summed E-state index contributed by atoms with van der Waals surface area (Å²) >= 11 is 4.08. The van der Waals surface area contributed by atoms with Crippen LogP contribution in [0.5, 0.6) is 0 Å². The lowest BCUT2D eigenvalue weighted by atomic mass is 9.80. The number of amides is 6. The van der Waals surface area contributed by atoms with Crippen LogP contribution in [-0.2, 0) is 23.9 Å². The van der Waals surface area contributed by atoms with Crippen molar-refractivity contribution in [3.8, 4) is 79.6 Å². The number of nitrogens with zero attached hydrogens (tertiary/aromatic N) is 18. The summed E-state index contributed by atoms with van der Waals surface area (Å²) < 4.78 is 16.5. The quantitative estimate of drug-likeness (QED) is 0.0259. The summed E-state index contributed by atoms with van der Waals surface area (Å²) in [5.41, 5.74) is 10.8. The monoisotopic (exact) mass is 1690 g/mol. The third-order valence-electron chi connectivity index (χ3n) is 21.3. The SMILES string of the molecule is C#Cc1cc(-c2cnc(N3CCC(C)(C(=O)OCC)CC3)nc2)cc2nc(NC(=O)NCC)sc12.CCNC(=O)Nc1nc2cc(-c3cnc(N4CCC(C)(C(=O)O)CC4)nc3)cc(-c3cn(-c4ccccc4)nn3)c2s1.CCNC(=O)Nc1nc2cc(-c3cnc(N4CCC(C)(C(=O)OCC)CC4)nc3)cc(-c3cn(-c4ccccc4)nn3)c2s1. The lowest BCUT2D eigenvalue weighted by Crippen LogP contribution is -2.44. The lowest BCUT2D eigenvalue weighted by molar-refractivity contribution is -0.156. The topological polar surface area (TPSA) is 400 Å². The van der Waals surface area contributed by atoms with Crippen molar-refractivity contribution in [1.29, 1.82) is 0 Å². The predicted molar refractivity (Wildman–Crippen MR) is 468 cm³/mol. The van der Waals surface area contributed by atoms with Gasteiger partial charge in [-0.1, -0.05) is 86.8 Å². The number of aromatic nitrogens is 15. The maximum absolute atomic E-state index is 12.4. The molecule has 3 fully saturated rings. The van der Waals surface area contributed by atoms with Gasteiger partial charge < -0.3 is 45.2 Å². The van der Waals surface area contributed by atoms with Gasteiger partial charge in [-0.25, -0.2) is 68.6 Å². The number of rotatable bonds is 21. The van der Waals surface area contributed by atoms with E-state index in [9.17, 15) is 33.9 Å². The van der Waals surface area contributed by atoms with E-state index in [1.165, 1.54) is 34.0 Å². The minimum Gasteiger partial charge on any atom is -0.481 e. The van der Waals surface area contributed by atoms with Crippen LogP contribution >= 0.6 is 34.0 Å². The smallest absolute Gasteiger partial charge is 0.321 e. The summed E-state index contributed by atoms with van der Waals surface area (Å²) in [6.07, 6.45) is 24.0. The summed E-state index contributed by atoms with van der Waals surface area (Å²) in [6.45, 7) is 21.1. The first-order valence-electron chi connectivity index (χ1n) is 39.8. The molecule has 36 heteroatoms. The van der Waals surface area contributed by atoms with Crippen LogP contribution in [0.1, 0.15) is 99.5 Å². The molecule has 5 aromatic carbocycles. The van der Waals surface area contributed by atoms with Crippen LogP contribution in [-0.4, -0.2) is 188 Å². The first-order valence-corrected chi connectivity index (χ1v) is 42.2. The Morgan fingerprint density at radius 2 is 0.769 bits per heavy atom. The Bertz CT molecular complexity index is 5930. The van der Waals surface area contributed by atoms with Crippen LogP contribution < -0.4 is 46.6 Å². The molecule has 3 aliphatic rings. The second-order valence-corrected chi connectivity index (χ2v) is 32.7. The Labute approximate surface area is 708 Å². The van der Waals surface area contributed by atoms with Gasteiger partial charge >= 0.3 is 36.0 Å². The number of esters is 2. The maximum Gasteiger partial charge on any atom is 0.321 e. The molecule has 0 atom stereocenters. The van der Waals surface area contributed by atoms with E-state index in [0.717, 1.165) is 70.0 Å². The van der Waals surface area contributed by atoms with Gasteiger partial charge in [-0.15, -0.1) is 16.6 Å². The van der Waals surface area contributed by atoms with Crippen LogP contribution in [0.2, 0.25) is 0 Å². The zero-order chi connectivity index (χ0) is 85.0. The molecular weight excluding hydrogens is 1600 g/mol. The number of benzene rings is 5. The Kier molecular flexibility index (Phi) is 25.8. The summed E-state index contributed by atoms with van der Waals surface area (Å²) in [6, 6.07) is 30.3. The van der Waals surface area contributed by atoms with Gasteiger partial charge in [0.25, 0.3) is 0 Å². The number of hydrogen-bond donors (Lipinski definition) is 7. The highest BCUT2D eigenvalue weighted by Gasteiger charge is 2.41. The summed E-state index contributed by atoms with van der Waals surface area (Å²) in [4.78, 5) is 120. The highest BCUT2D eigenvalue weighted by atomic mass is 32.1. The fourth-order valence-corrected chi connectivity index (χ4v) is 16.9. The highest BCUT2D eigenvalue weighted by molar-refractivity contribution is 7.23. The molecule has 0 unspecified atom stereocenters. The molecule has 622 valence electrons. The van der Waals surface area contributed by atoms with E-state index < -0.39 is 22.2 Å². The van der Waals surface area contributed by atoms with Gasteiger partial charge in [0.1, 0.15) is 11.4 Å². The number of aliphatic carboxylic acids is 1. The number of ether oxygens (including phenoxy) is 2. The molecule has 121 heavy (non-hydrogen) atoms. The van der Waals surface area contributed by atoms with E-state index in [1.807, 2.05) is 163 Å². The minimum atomic E-state index is -0.764. The van der Waals surface area contributed by atoms with E-state index in [0.29, 0.717) is 177 Å². The number of thiazole rings is 3. The van der Waals surface area contributed by atoms with Gasteiger partial charge in [-0.3, -0.25) is 30.3 Å². The number of anilines is 6. The number of urea groups is 3. The normalized spacial score (nSPS) is 14.6. The first kappa shape index (κ1) is 83.9. The molecule has 0 saturated carbocycles. The van der Waals surface area contributed by atoms with Crippen molar-refractivity contribution in [3.63, 3.8) is 0 Å². The standard InChI is InChI=1S/C31H33N9O3S.C29H29N9O3S.C25H28N6O3S/c1-4-32-29(42)36-30-35-24-16-20(15-23(26(24)44-30)25-19-40(38-37-25)22-9-7-6-8-10-22)21-17-33-28(34-18-21)39-13-11-31(3,12-14-39)27(41)43-5-2;1-3-30-27(41)34-28-33-22-14-18(19-15-31-26(32-16-19)37-11-9-29(2,10-12-37)25(39)40)13-21(24(22)42-28)23-17-38(36-35-23)20-7-5-4-6-8-20;1-5-16-12-17(13-19-20(16)35-24(29-19)30-23(33)26-6-2)18-14-27-22(28-15-18)31-10-8-25(4,9-11-31)21(32)34-7-3/h6-10,15-19H,4-5,11-14H2,1-3H3,(H2,32,35,36,42);4-8,13-17H,3,9-12H2,1-2H3,(H,39,40)(H2,30,33,34,41);1,12-15H,6-11H2,2-4H3,(H2,26,29,30,33). The number of carbonyl (C=O) groups is 6. The summed E-state index contributed by atoms with van der Waals surface area (Å²) in [5.74, 6) is 3.49. The fourth-order valence-electron chi connectivity index (χ4n) is 14.1. The van der Waals surface area contributed by atoms with Crippen LogP contribution in [0, 0.1) is 28.6 Å². The zero-order valence-electron chi connectivity index (χ0n) is 67.9. The number of carbonyl (C=O) groups excluding carboxylic acids is 5. The Morgan fingerprint density at radius 3 is 1.09 bits per heavy atom. The molecule has 16 rings (SSSR count). The van der Waals surface area contributed by atoms with Crippen molar-refractivity contribution in [2.75, 3.05) is 103 Å². The van der Waals surface area contributed by atoms with Crippen molar-refractivity contribution in [2.45, 2.75) is 93.9 Å². The molecule has 0 spiro atoms. The van der Waals surface area contributed by atoms with Crippen LogP contribution in [0.4, 0.5) is 47.6 Å². The van der Waals surface area contributed by atoms with E-state index in [2.05, 4.69) is 108 Å². The first-order chi connectivity index (χ1) is 58.5. The van der Waals surface area contributed by atoms with Gasteiger partial charge in [-0.2, -0.15) is 0 Å². The largest absolute Gasteiger partial charge is 0.481 e. The number of para-hydroxylation sites is 2. The molecule has 13 aromatic rings. The number of hydrogen-bond acceptors (Lipinski definition) is 27. The van der Waals surface area contributed by atoms with Crippen LogP contribution in [0.25, 0.3) is 97.9 Å². The second-order valence-electron chi connectivity index (χ2n) is 29.7. The molecule has 3 aliphatic heterocycles. The van der Waals surface area contributed by atoms with Crippen LogP contribution in [0.15, 0.2) is 147 Å². The molecule has 11 heterocycles. The van der Waals surface area contributed by atoms with Gasteiger partial charge in [0, 0.05) is 129 Å². The van der Waals surface area contributed by atoms with E-state index in [-0.39, 0.29) is 30.0 Å². The number of piperidine rings is 3. The third-order valence-corrected chi connectivity index (χ3v) is 24.4. The number of carboxylic acids is 1. The third kappa shape index (κ3) is 19.3. The zero-order valence-corrected chi connectivity index (χ0v) is 70.4. The molecule has 6 amide bonds. The molecule has 0 radical (unpaired) electrons. The van der Waals surface area contributed by atoms with E-state index in [1.54, 1.807) is 53.5 Å². The van der Waals surface area contributed by atoms with Gasteiger partial charge in [-0.05, 0) is 171 Å². The van der Waals surface area contributed by atoms with Crippen molar-refractivity contribution in [2.24, 2.45) is 16.2 Å². The molecular formula is C85H90N24O9S3. The van der Waals surface area contributed by atoms with Gasteiger partial charge in [0.05, 0.1) is 83.9 Å². The average Bonchev–Trinajstić information content (AvgIpc) is 1.66. The molecule has 33 nitrogen and oxygen atoms in total. The van der Waals surface area contributed by atoms with Crippen LogP contribution in [0.3, 0.4) is 0 Å². The number of terminal acetylenes is 1. The molecule has 0 bridgehead atoms. The van der Waals surface area contributed by atoms with Crippen molar-refractivity contribution < 1.29 is 43.3 Å². The van der Waals surface area contributed by atoms with Gasteiger partial charge in [0.2, 0.25) is 17.8 Å². The Balaban J connectivity index is 0.000000149. The van der Waals surface area contributed by atoms with E-state index >= 15 is 0 Å². The molecule has 8 aromatic heterocycles. The summed E-state index contributed by atoms with van der Waals surface area (Å²) in [7, 11) is 0. The Hall–Kier alpha value is -13.5. The minimum absolute atomic E-state index is 0.137. The number of carboxylic acid groups (broad SMARTS) is 1. The molecule has 7 N–H and O–H groups in total. The Morgan fingerprint density at radius 1 is 0.446 bits per heavy atom. The lowest BCUT2D eigenvalue weighted by Gasteiger charge is -2.37. The average molecular weight is 1690 g/mol. The fraction of sp³-hybridized carbons (Fsp3) is 0.329. The van der Waals surface area contributed by atoms with Crippen molar-refractivity contribution >= 4 is 134 Å². The van der Waals surface area contributed by atoms with E-state index in [4.69, 9.17) is 20.9 Å². The number of nitrogens with one attached hydrogen (secondary N) is 6. The summed E-state index contributed by atoms with van der Waals surface area (Å²) in [5, 5.41) is 45.1. The molecule has 0 aliphatic carbocycles. The maximum atomic E-state index is 12.4. The van der Waals surface area contributed by atoms with Crippen molar-refractivity contribution in [1.82, 2.24) is 90.8 Å². The molecule has 3 saturated heterocycles. The van der Waals surface area contributed by atoms with Crippen molar-refractivity contribution in [3.05, 3.63) is 152 Å². The van der Waals surface area contributed by atoms with Gasteiger partial charge in [0.15, 0.2) is 15.4 Å². The number of fused-ring (bicyclic) bond motifs is 3. The second kappa shape index (κ2) is 37.2.